The van der Waals surface area contributed by atoms with Crippen molar-refractivity contribution >= 4 is 22.7 Å². The van der Waals surface area contributed by atoms with Gasteiger partial charge in [0.25, 0.3) is 0 Å². The lowest BCUT2D eigenvalue weighted by atomic mass is 9.75. The monoisotopic (exact) mass is 636 g/mol. The zero-order valence-corrected chi connectivity index (χ0v) is 28.6. The first-order valence-corrected chi connectivity index (χ1v) is 18.0. The third kappa shape index (κ3) is 6.18. The van der Waals surface area contributed by atoms with Crippen molar-refractivity contribution in [3.63, 3.8) is 0 Å². The molecule has 0 amide bonds. The summed E-state index contributed by atoms with van der Waals surface area (Å²) in [5, 5.41) is 6.85. The molecule has 1 aliphatic heterocycles. The van der Waals surface area contributed by atoms with Crippen molar-refractivity contribution in [2.75, 3.05) is 0 Å². The maximum Gasteiger partial charge on any atom is 0.0658 e. The first-order chi connectivity index (χ1) is 24.2. The molecule has 6 aromatic rings. The Morgan fingerprint density at radius 3 is 2.35 bits per heavy atom. The number of benzene rings is 6. The van der Waals surface area contributed by atoms with Crippen LogP contribution in [0.2, 0.25) is 0 Å². The van der Waals surface area contributed by atoms with Crippen LogP contribution in [-0.2, 0) is 6.42 Å². The van der Waals surface area contributed by atoms with Crippen LogP contribution in [-0.4, -0.2) is 6.21 Å². The SMILES string of the molecule is CCCC(NC(c1ccccc1)c1ccc2ccccc2c1C)c1cc(C2=CCCC=N2)cc([C@@H]2Cc3ccccc3-c3ccccc32)c1. The highest BCUT2D eigenvalue weighted by molar-refractivity contribution is 5.87. The maximum absolute atomic E-state index is 4.92. The van der Waals surface area contributed by atoms with Gasteiger partial charge in [-0.15, -0.1) is 0 Å². The molecule has 8 rings (SSSR count). The van der Waals surface area contributed by atoms with Crippen molar-refractivity contribution in [3.05, 3.63) is 184 Å². The minimum atomic E-state index is 0.0451. The fourth-order valence-corrected chi connectivity index (χ4v) is 8.17. The first-order valence-electron chi connectivity index (χ1n) is 18.0. The van der Waals surface area contributed by atoms with Crippen molar-refractivity contribution in [2.24, 2.45) is 4.99 Å². The van der Waals surface area contributed by atoms with Gasteiger partial charge < -0.3 is 0 Å². The second-order valence-corrected chi connectivity index (χ2v) is 13.7. The van der Waals surface area contributed by atoms with Crippen molar-refractivity contribution in [3.8, 4) is 11.1 Å². The van der Waals surface area contributed by atoms with E-state index in [9.17, 15) is 0 Å². The number of fused-ring (bicyclic) bond motifs is 4. The van der Waals surface area contributed by atoms with E-state index < -0.39 is 0 Å². The summed E-state index contributed by atoms with van der Waals surface area (Å²) in [7, 11) is 0. The largest absolute Gasteiger partial charge is 0.299 e. The van der Waals surface area contributed by atoms with Crippen molar-refractivity contribution in [1.82, 2.24) is 5.32 Å². The average molecular weight is 637 g/mol. The third-order valence-electron chi connectivity index (χ3n) is 10.6. The summed E-state index contributed by atoms with van der Waals surface area (Å²) in [6.07, 6.45) is 9.55. The van der Waals surface area contributed by atoms with E-state index in [1.54, 1.807) is 0 Å². The van der Waals surface area contributed by atoms with Crippen LogP contribution >= 0.6 is 0 Å². The number of rotatable bonds is 9. The molecule has 242 valence electrons. The molecule has 2 aliphatic rings. The average Bonchev–Trinajstić information content (AvgIpc) is 3.17. The minimum absolute atomic E-state index is 0.0451. The zero-order chi connectivity index (χ0) is 33.2. The molecule has 1 N–H and O–H groups in total. The Labute approximate surface area is 291 Å². The molecule has 2 heteroatoms. The van der Waals surface area contributed by atoms with Crippen LogP contribution in [0.15, 0.2) is 145 Å². The molecule has 0 bridgehead atoms. The molecule has 3 atom stereocenters. The summed E-state index contributed by atoms with van der Waals surface area (Å²) >= 11 is 0. The van der Waals surface area contributed by atoms with Crippen molar-refractivity contribution < 1.29 is 0 Å². The van der Waals surface area contributed by atoms with Crippen LogP contribution in [0.25, 0.3) is 27.6 Å². The van der Waals surface area contributed by atoms with E-state index in [-0.39, 0.29) is 18.0 Å². The fraction of sp³-hybridized carbons (Fsp3) is 0.213. The Kier molecular flexibility index (Phi) is 8.81. The minimum Gasteiger partial charge on any atom is -0.299 e. The normalized spacial score (nSPS) is 16.4. The molecule has 2 unspecified atom stereocenters. The maximum atomic E-state index is 4.92. The molecule has 0 fully saturated rings. The molecule has 0 aromatic heterocycles. The van der Waals surface area contributed by atoms with Crippen LogP contribution in [0.3, 0.4) is 0 Å². The number of hydrogen-bond donors (Lipinski definition) is 1. The van der Waals surface area contributed by atoms with Gasteiger partial charge in [-0.2, -0.15) is 0 Å². The molecule has 1 heterocycles. The van der Waals surface area contributed by atoms with Crippen LogP contribution in [0.4, 0.5) is 0 Å². The lowest BCUT2D eigenvalue weighted by Gasteiger charge is -2.31. The fourth-order valence-electron chi connectivity index (χ4n) is 8.17. The van der Waals surface area contributed by atoms with Crippen LogP contribution < -0.4 is 5.32 Å². The van der Waals surface area contributed by atoms with Gasteiger partial charge in [0.05, 0.1) is 11.7 Å². The molecule has 0 saturated heterocycles. The Morgan fingerprint density at radius 1 is 0.735 bits per heavy atom. The summed E-state index contributed by atoms with van der Waals surface area (Å²) in [6.45, 7) is 4.59. The molecule has 0 saturated carbocycles. The standard InChI is InChI=1S/C47H44N2/c1-3-15-46(49-47(34-17-5-4-6-18-34)40-26-25-33-16-7-9-20-39(33)32(40)2)38-29-36(28-37(30-38)45-24-13-14-27-48-45)44-31-35-19-8-10-21-41(35)42-22-11-12-23-43(42)44/h4-12,16-30,44,46-47,49H,3,13-15,31H2,1-2H3/t44-,46?,47?/m0/s1. The zero-order valence-electron chi connectivity index (χ0n) is 28.6. The molecule has 0 radical (unpaired) electrons. The van der Waals surface area contributed by atoms with Crippen LogP contribution in [0, 0.1) is 6.92 Å². The van der Waals surface area contributed by atoms with E-state index in [4.69, 9.17) is 4.99 Å². The van der Waals surface area contributed by atoms with Gasteiger partial charge in [0, 0.05) is 23.7 Å². The van der Waals surface area contributed by atoms with Gasteiger partial charge in [-0.3, -0.25) is 10.3 Å². The first kappa shape index (κ1) is 31.2. The number of hydrogen-bond acceptors (Lipinski definition) is 2. The topological polar surface area (TPSA) is 24.4 Å². The van der Waals surface area contributed by atoms with E-state index in [0.29, 0.717) is 0 Å². The highest BCUT2D eigenvalue weighted by atomic mass is 15.0. The van der Waals surface area contributed by atoms with Crippen LogP contribution in [0.5, 0.6) is 0 Å². The molecule has 1 aliphatic carbocycles. The molecule has 6 aromatic carbocycles. The molecular formula is C47H44N2. The summed E-state index contributed by atoms with van der Waals surface area (Å²) in [5.74, 6) is 0.271. The summed E-state index contributed by atoms with van der Waals surface area (Å²) in [5.41, 5.74) is 14.6. The molecule has 49 heavy (non-hydrogen) atoms. The molecule has 2 nitrogen and oxygen atoms in total. The number of aliphatic imine (C=N–C) groups is 1. The third-order valence-corrected chi connectivity index (χ3v) is 10.6. The predicted molar refractivity (Wildman–Crippen MR) is 207 cm³/mol. The van der Waals surface area contributed by atoms with E-state index in [1.165, 1.54) is 66.4 Å². The predicted octanol–water partition coefficient (Wildman–Crippen LogP) is 11.9. The van der Waals surface area contributed by atoms with Gasteiger partial charge in [-0.05, 0) is 106 Å². The van der Waals surface area contributed by atoms with E-state index >= 15 is 0 Å². The lowest BCUT2D eigenvalue weighted by molar-refractivity contribution is 0.454. The number of allylic oxidation sites excluding steroid dienone is 1. The number of nitrogens with zero attached hydrogens (tertiary/aromatic N) is 1. The van der Waals surface area contributed by atoms with Gasteiger partial charge in [0.1, 0.15) is 0 Å². The second kappa shape index (κ2) is 13.8. The molecular weight excluding hydrogens is 593 g/mol. The van der Waals surface area contributed by atoms with E-state index in [2.05, 4.69) is 165 Å². The second-order valence-electron chi connectivity index (χ2n) is 13.7. The van der Waals surface area contributed by atoms with Gasteiger partial charge in [-0.25, -0.2) is 0 Å². The number of aryl methyl sites for hydroxylation is 1. The highest BCUT2D eigenvalue weighted by Crippen LogP contribution is 2.44. The summed E-state index contributed by atoms with van der Waals surface area (Å²) in [4.78, 5) is 4.92. The van der Waals surface area contributed by atoms with E-state index in [1.807, 2.05) is 0 Å². The Hall–Kier alpha value is -5.05. The van der Waals surface area contributed by atoms with Crippen molar-refractivity contribution in [1.29, 1.82) is 0 Å². The van der Waals surface area contributed by atoms with Gasteiger partial charge in [-0.1, -0.05) is 141 Å². The quantitative estimate of drug-likeness (QED) is 0.168. The smallest absolute Gasteiger partial charge is 0.0658 e. The lowest BCUT2D eigenvalue weighted by Crippen LogP contribution is -2.28. The summed E-state index contributed by atoms with van der Waals surface area (Å²) < 4.78 is 0. The summed E-state index contributed by atoms with van der Waals surface area (Å²) in [6, 6.07) is 49.9. The molecule has 0 spiro atoms. The van der Waals surface area contributed by atoms with Crippen molar-refractivity contribution in [2.45, 2.75) is 64.0 Å². The Bertz CT molecular complexity index is 2170. The number of nitrogens with one attached hydrogen (secondary N) is 1. The Morgan fingerprint density at radius 2 is 1.51 bits per heavy atom. The van der Waals surface area contributed by atoms with E-state index in [0.717, 1.165) is 37.8 Å². The van der Waals surface area contributed by atoms with Gasteiger partial charge in [0.2, 0.25) is 0 Å². The van der Waals surface area contributed by atoms with Gasteiger partial charge >= 0.3 is 0 Å². The van der Waals surface area contributed by atoms with Gasteiger partial charge in [0.15, 0.2) is 0 Å². The highest BCUT2D eigenvalue weighted by Gasteiger charge is 2.28. The van der Waals surface area contributed by atoms with Crippen LogP contribution in [0.1, 0.15) is 95.1 Å². The Balaban J connectivity index is 1.26.